The van der Waals surface area contributed by atoms with Gasteiger partial charge in [-0.3, -0.25) is 4.79 Å². The van der Waals surface area contributed by atoms with E-state index in [1.54, 1.807) is 6.92 Å². The minimum absolute atomic E-state index is 0.122. The fraction of sp³-hybridized carbons (Fsp3) is 0.818. The Hall–Kier alpha value is -1.34. The van der Waals surface area contributed by atoms with Crippen LogP contribution in [0.2, 0.25) is 0 Å². The molecule has 0 aliphatic heterocycles. The number of carbonyl (C=O) groups excluding carboxylic acids is 1. The normalized spacial score (nSPS) is 11.9. The summed E-state index contributed by atoms with van der Waals surface area (Å²) in [5, 5.41) is 20.1. The second-order valence-electron chi connectivity index (χ2n) is 3.96. The SMILES string of the molecule is COCCN(CCO)C(=O)NCCC(C)C(=O)O. The van der Waals surface area contributed by atoms with Crippen molar-refractivity contribution < 1.29 is 24.5 Å². The van der Waals surface area contributed by atoms with E-state index in [0.29, 0.717) is 26.1 Å². The fourth-order valence-corrected chi connectivity index (χ4v) is 1.27. The Morgan fingerprint density at radius 1 is 1.39 bits per heavy atom. The highest BCUT2D eigenvalue weighted by Gasteiger charge is 2.14. The third-order valence-electron chi connectivity index (χ3n) is 2.50. The summed E-state index contributed by atoms with van der Waals surface area (Å²) in [6, 6.07) is -0.321. The third-order valence-corrected chi connectivity index (χ3v) is 2.50. The van der Waals surface area contributed by atoms with Gasteiger partial charge in [-0.2, -0.15) is 0 Å². The van der Waals surface area contributed by atoms with Gasteiger partial charge in [0.1, 0.15) is 0 Å². The average molecular weight is 262 g/mol. The van der Waals surface area contributed by atoms with Gasteiger partial charge in [-0.15, -0.1) is 0 Å². The number of aliphatic hydroxyl groups is 1. The van der Waals surface area contributed by atoms with Crippen molar-refractivity contribution in [3.63, 3.8) is 0 Å². The Morgan fingerprint density at radius 3 is 2.56 bits per heavy atom. The molecule has 0 aliphatic carbocycles. The van der Waals surface area contributed by atoms with Crippen molar-refractivity contribution in [2.45, 2.75) is 13.3 Å². The molecule has 0 saturated carbocycles. The molecule has 0 aromatic heterocycles. The van der Waals surface area contributed by atoms with E-state index in [1.165, 1.54) is 12.0 Å². The van der Waals surface area contributed by atoms with Crippen LogP contribution in [-0.4, -0.2) is 67.1 Å². The molecule has 3 N–H and O–H groups in total. The standard InChI is InChI=1S/C11H22N2O5/c1-9(10(15)16)3-4-12-11(17)13(5-7-14)6-8-18-2/h9,14H,3-8H2,1-2H3,(H,12,17)(H,15,16). The van der Waals surface area contributed by atoms with Crippen molar-refractivity contribution in [3.05, 3.63) is 0 Å². The summed E-state index contributed by atoms with van der Waals surface area (Å²) in [7, 11) is 1.53. The number of rotatable bonds is 9. The van der Waals surface area contributed by atoms with Crippen LogP contribution in [0.3, 0.4) is 0 Å². The lowest BCUT2D eigenvalue weighted by Crippen LogP contribution is -2.43. The highest BCUT2D eigenvalue weighted by atomic mass is 16.5. The number of nitrogens with zero attached hydrogens (tertiary/aromatic N) is 1. The first-order valence-corrected chi connectivity index (χ1v) is 5.88. The van der Waals surface area contributed by atoms with Crippen LogP contribution in [0.4, 0.5) is 4.79 Å². The van der Waals surface area contributed by atoms with Crippen molar-refractivity contribution in [1.29, 1.82) is 0 Å². The largest absolute Gasteiger partial charge is 0.481 e. The zero-order valence-electron chi connectivity index (χ0n) is 10.9. The monoisotopic (exact) mass is 262 g/mol. The van der Waals surface area contributed by atoms with E-state index in [2.05, 4.69) is 5.32 Å². The average Bonchev–Trinajstić information content (AvgIpc) is 2.33. The molecule has 7 heteroatoms. The molecule has 0 aromatic rings. The van der Waals surface area contributed by atoms with E-state index in [0.717, 1.165) is 0 Å². The van der Waals surface area contributed by atoms with Gasteiger partial charge in [0, 0.05) is 26.7 Å². The Kier molecular flexibility index (Phi) is 8.95. The lowest BCUT2D eigenvalue weighted by atomic mass is 10.1. The molecule has 106 valence electrons. The third kappa shape index (κ3) is 7.08. The van der Waals surface area contributed by atoms with Gasteiger partial charge in [-0.1, -0.05) is 6.92 Å². The van der Waals surface area contributed by atoms with Gasteiger partial charge in [0.15, 0.2) is 0 Å². The first-order valence-electron chi connectivity index (χ1n) is 5.88. The number of methoxy groups -OCH3 is 1. The minimum atomic E-state index is -0.879. The van der Waals surface area contributed by atoms with Gasteiger partial charge in [0.05, 0.1) is 19.1 Å². The van der Waals surface area contributed by atoms with Gasteiger partial charge in [-0.25, -0.2) is 4.79 Å². The highest BCUT2D eigenvalue weighted by molar-refractivity contribution is 5.74. The van der Waals surface area contributed by atoms with Crippen molar-refractivity contribution in [1.82, 2.24) is 10.2 Å². The Balaban J connectivity index is 3.97. The molecule has 0 saturated heterocycles. The van der Waals surface area contributed by atoms with Crippen LogP contribution >= 0.6 is 0 Å². The molecule has 0 aromatic carbocycles. The molecule has 0 spiro atoms. The highest BCUT2D eigenvalue weighted by Crippen LogP contribution is 2.00. The number of hydrogen-bond acceptors (Lipinski definition) is 4. The zero-order valence-corrected chi connectivity index (χ0v) is 10.9. The van der Waals surface area contributed by atoms with E-state index in [9.17, 15) is 9.59 Å². The molecular formula is C11H22N2O5. The molecule has 7 nitrogen and oxygen atoms in total. The molecule has 0 rings (SSSR count). The van der Waals surface area contributed by atoms with Crippen LogP contribution in [-0.2, 0) is 9.53 Å². The number of amides is 2. The van der Waals surface area contributed by atoms with Crippen LogP contribution < -0.4 is 5.32 Å². The Labute approximate surface area is 107 Å². The fourth-order valence-electron chi connectivity index (χ4n) is 1.27. The van der Waals surface area contributed by atoms with Crippen molar-refractivity contribution in [2.75, 3.05) is 40.0 Å². The molecule has 0 heterocycles. The maximum Gasteiger partial charge on any atom is 0.317 e. The number of carboxylic acids is 1. The van der Waals surface area contributed by atoms with Crippen LogP contribution in [0.15, 0.2) is 0 Å². The second kappa shape index (κ2) is 9.67. The molecule has 0 fully saturated rings. The summed E-state index contributed by atoms with van der Waals surface area (Å²) in [4.78, 5) is 23.7. The smallest absolute Gasteiger partial charge is 0.317 e. The summed E-state index contributed by atoms with van der Waals surface area (Å²) < 4.78 is 4.86. The first-order chi connectivity index (χ1) is 8.52. The molecule has 0 bridgehead atoms. The Morgan fingerprint density at radius 2 is 2.06 bits per heavy atom. The quantitative estimate of drug-likeness (QED) is 0.532. The second-order valence-corrected chi connectivity index (χ2v) is 3.96. The molecule has 0 radical (unpaired) electrons. The van der Waals surface area contributed by atoms with Crippen molar-refractivity contribution in [2.24, 2.45) is 5.92 Å². The summed E-state index contributed by atoms with van der Waals surface area (Å²) in [6.07, 6.45) is 0.373. The van der Waals surface area contributed by atoms with Gasteiger partial charge < -0.3 is 25.2 Å². The predicted molar refractivity (Wildman–Crippen MR) is 65.4 cm³/mol. The maximum absolute atomic E-state index is 11.7. The lowest BCUT2D eigenvalue weighted by Gasteiger charge is -2.22. The van der Waals surface area contributed by atoms with E-state index in [1.807, 2.05) is 0 Å². The topological polar surface area (TPSA) is 99.1 Å². The molecule has 1 unspecified atom stereocenters. The van der Waals surface area contributed by atoms with Gasteiger partial charge in [0.25, 0.3) is 0 Å². The molecule has 2 amide bonds. The van der Waals surface area contributed by atoms with Crippen LogP contribution in [0.25, 0.3) is 0 Å². The molecule has 18 heavy (non-hydrogen) atoms. The number of ether oxygens (including phenoxy) is 1. The number of carboxylic acid groups (broad SMARTS) is 1. The van der Waals surface area contributed by atoms with E-state index in [-0.39, 0.29) is 19.2 Å². The summed E-state index contributed by atoms with van der Waals surface area (Å²) >= 11 is 0. The summed E-state index contributed by atoms with van der Waals surface area (Å²) in [5.74, 6) is -1.37. The minimum Gasteiger partial charge on any atom is -0.481 e. The van der Waals surface area contributed by atoms with Gasteiger partial charge in [0.2, 0.25) is 0 Å². The van der Waals surface area contributed by atoms with Gasteiger partial charge >= 0.3 is 12.0 Å². The van der Waals surface area contributed by atoms with E-state index >= 15 is 0 Å². The van der Waals surface area contributed by atoms with E-state index in [4.69, 9.17) is 14.9 Å². The Bertz CT molecular complexity index is 260. The van der Waals surface area contributed by atoms with Crippen LogP contribution in [0.5, 0.6) is 0 Å². The molecule has 1 atom stereocenters. The number of nitrogens with one attached hydrogen (secondary N) is 1. The first kappa shape index (κ1) is 16.7. The summed E-state index contributed by atoms with van der Waals surface area (Å²) in [5.41, 5.74) is 0. The van der Waals surface area contributed by atoms with Gasteiger partial charge in [-0.05, 0) is 6.42 Å². The number of aliphatic carboxylic acids is 1. The maximum atomic E-state index is 11.7. The summed E-state index contributed by atoms with van der Waals surface area (Å²) in [6.45, 7) is 2.76. The molecule has 0 aliphatic rings. The lowest BCUT2D eigenvalue weighted by molar-refractivity contribution is -0.141. The van der Waals surface area contributed by atoms with Crippen molar-refractivity contribution in [3.8, 4) is 0 Å². The predicted octanol–water partition coefficient (Wildman–Crippen LogP) is -0.252. The number of hydrogen-bond donors (Lipinski definition) is 3. The number of aliphatic hydroxyl groups excluding tert-OH is 1. The number of urea groups is 1. The van der Waals surface area contributed by atoms with E-state index < -0.39 is 11.9 Å². The number of carbonyl (C=O) groups is 2. The van der Waals surface area contributed by atoms with Crippen LogP contribution in [0, 0.1) is 5.92 Å². The zero-order chi connectivity index (χ0) is 14.0. The van der Waals surface area contributed by atoms with Crippen LogP contribution in [0.1, 0.15) is 13.3 Å². The molecular weight excluding hydrogens is 240 g/mol. The van der Waals surface area contributed by atoms with Crippen molar-refractivity contribution >= 4 is 12.0 Å².